The third kappa shape index (κ3) is 4.87. The Labute approximate surface area is 110 Å². The van der Waals surface area contributed by atoms with Gasteiger partial charge in [-0.25, -0.2) is 0 Å². The van der Waals surface area contributed by atoms with Gasteiger partial charge >= 0.3 is 0 Å². The summed E-state index contributed by atoms with van der Waals surface area (Å²) in [6.07, 6.45) is -0.408. The molecule has 1 unspecified atom stereocenters. The van der Waals surface area contributed by atoms with E-state index in [1.807, 2.05) is 0 Å². The zero-order chi connectivity index (χ0) is 13.5. The maximum Gasteiger partial charge on any atom is 0.293 e. The van der Waals surface area contributed by atoms with Crippen LogP contribution in [0.25, 0.3) is 0 Å². The second kappa shape index (κ2) is 7.15. The summed E-state index contributed by atoms with van der Waals surface area (Å²) in [5, 5.41) is 26.1. The van der Waals surface area contributed by atoms with E-state index in [1.54, 1.807) is 19.1 Å². The molecule has 0 heterocycles. The molecule has 3 N–H and O–H groups in total. The van der Waals surface area contributed by atoms with Gasteiger partial charge in [0.05, 0.1) is 11.0 Å². The Morgan fingerprint density at radius 2 is 2.22 bits per heavy atom. The predicted molar refractivity (Wildman–Crippen MR) is 71.1 cm³/mol. The molecule has 0 bridgehead atoms. The third-order valence-electron chi connectivity index (χ3n) is 2.21. The van der Waals surface area contributed by atoms with Gasteiger partial charge in [-0.1, -0.05) is 11.6 Å². The second-order valence-electron chi connectivity index (χ2n) is 3.90. The zero-order valence-corrected chi connectivity index (χ0v) is 10.8. The molecule has 7 heteroatoms. The van der Waals surface area contributed by atoms with Crippen LogP contribution in [0.15, 0.2) is 18.2 Å². The van der Waals surface area contributed by atoms with Crippen molar-refractivity contribution in [3.8, 4) is 0 Å². The van der Waals surface area contributed by atoms with Crippen molar-refractivity contribution >= 4 is 23.0 Å². The first-order valence-electron chi connectivity index (χ1n) is 5.57. The van der Waals surface area contributed by atoms with E-state index in [0.29, 0.717) is 30.3 Å². The third-order valence-corrected chi connectivity index (χ3v) is 2.45. The molecule has 0 aromatic heterocycles. The number of anilines is 1. The van der Waals surface area contributed by atoms with Crippen molar-refractivity contribution in [2.24, 2.45) is 0 Å². The molecule has 0 spiro atoms. The lowest BCUT2D eigenvalue weighted by Gasteiger charge is -2.09. The SMILES string of the molecule is CC(O)CNCCNc1ccc(Cl)cc1[N+](=O)[O-]. The minimum Gasteiger partial charge on any atom is -0.392 e. The maximum atomic E-state index is 10.8. The molecule has 0 saturated heterocycles. The highest BCUT2D eigenvalue weighted by atomic mass is 35.5. The predicted octanol–water partition coefficient (Wildman–Crippen LogP) is 1.63. The monoisotopic (exact) mass is 273 g/mol. The van der Waals surface area contributed by atoms with Crippen LogP contribution in [0.2, 0.25) is 5.02 Å². The fourth-order valence-electron chi connectivity index (χ4n) is 1.40. The number of rotatable bonds is 7. The minimum atomic E-state index is -0.475. The van der Waals surface area contributed by atoms with E-state index in [1.165, 1.54) is 6.07 Å². The van der Waals surface area contributed by atoms with Gasteiger partial charge in [-0.3, -0.25) is 10.1 Å². The Kier molecular flexibility index (Phi) is 5.84. The smallest absolute Gasteiger partial charge is 0.293 e. The first-order valence-corrected chi connectivity index (χ1v) is 5.95. The number of nitrogens with one attached hydrogen (secondary N) is 2. The van der Waals surface area contributed by atoms with Crippen LogP contribution in [-0.2, 0) is 0 Å². The summed E-state index contributed by atoms with van der Waals surface area (Å²) >= 11 is 5.71. The van der Waals surface area contributed by atoms with Crippen molar-refractivity contribution in [2.75, 3.05) is 25.0 Å². The fraction of sp³-hybridized carbons (Fsp3) is 0.455. The van der Waals surface area contributed by atoms with Crippen LogP contribution < -0.4 is 10.6 Å². The van der Waals surface area contributed by atoms with E-state index >= 15 is 0 Å². The number of aliphatic hydroxyl groups excluding tert-OH is 1. The van der Waals surface area contributed by atoms with Gasteiger partial charge in [-0.15, -0.1) is 0 Å². The van der Waals surface area contributed by atoms with E-state index in [9.17, 15) is 10.1 Å². The van der Waals surface area contributed by atoms with Crippen molar-refractivity contribution in [1.82, 2.24) is 5.32 Å². The molecular formula is C11H16ClN3O3. The molecule has 0 amide bonds. The fourth-order valence-corrected chi connectivity index (χ4v) is 1.57. The first kappa shape index (κ1) is 14.7. The second-order valence-corrected chi connectivity index (χ2v) is 4.33. The number of nitro benzene ring substituents is 1. The largest absolute Gasteiger partial charge is 0.392 e. The highest BCUT2D eigenvalue weighted by molar-refractivity contribution is 6.30. The van der Waals surface area contributed by atoms with E-state index in [2.05, 4.69) is 10.6 Å². The van der Waals surface area contributed by atoms with Crippen LogP contribution in [-0.4, -0.2) is 35.8 Å². The Bertz CT molecular complexity index is 413. The molecule has 0 radical (unpaired) electrons. The molecule has 6 nitrogen and oxygen atoms in total. The number of aliphatic hydroxyl groups is 1. The van der Waals surface area contributed by atoms with E-state index in [-0.39, 0.29) is 5.69 Å². The maximum absolute atomic E-state index is 10.8. The number of halogens is 1. The quantitative estimate of drug-likeness (QED) is 0.399. The normalized spacial score (nSPS) is 12.2. The summed E-state index contributed by atoms with van der Waals surface area (Å²) in [5.41, 5.74) is 0.390. The average molecular weight is 274 g/mol. The summed E-state index contributed by atoms with van der Waals surface area (Å²) in [7, 11) is 0. The van der Waals surface area contributed by atoms with Crippen molar-refractivity contribution in [3.05, 3.63) is 33.3 Å². The standard InChI is InChI=1S/C11H16ClN3O3/c1-8(16)7-13-4-5-14-10-3-2-9(12)6-11(10)15(17)18/h2-3,6,8,13-14,16H,4-5,7H2,1H3. The van der Waals surface area contributed by atoms with E-state index in [0.717, 1.165) is 0 Å². The van der Waals surface area contributed by atoms with Crippen LogP contribution >= 0.6 is 11.6 Å². The summed E-state index contributed by atoms with van der Waals surface area (Å²) in [6.45, 7) is 3.30. The van der Waals surface area contributed by atoms with Crippen LogP contribution in [0, 0.1) is 10.1 Å². The van der Waals surface area contributed by atoms with E-state index < -0.39 is 11.0 Å². The molecule has 0 saturated carbocycles. The molecule has 1 aromatic rings. The molecule has 0 fully saturated rings. The van der Waals surface area contributed by atoms with Crippen molar-refractivity contribution in [2.45, 2.75) is 13.0 Å². The van der Waals surface area contributed by atoms with Gasteiger partial charge in [0.25, 0.3) is 5.69 Å². The Hall–Kier alpha value is -1.37. The molecule has 0 aliphatic carbocycles. The topological polar surface area (TPSA) is 87.4 Å². The van der Waals surface area contributed by atoms with Crippen LogP contribution in [0.5, 0.6) is 0 Å². The van der Waals surface area contributed by atoms with Crippen molar-refractivity contribution in [1.29, 1.82) is 0 Å². The summed E-state index contributed by atoms with van der Waals surface area (Å²) in [5.74, 6) is 0. The molecule has 18 heavy (non-hydrogen) atoms. The molecule has 1 rings (SSSR count). The number of hydrogen-bond acceptors (Lipinski definition) is 5. The van der Waals surface area contributed by atoms with Crippen LogP contribution in [0.3, 0.4) is 0 Å². The zero-order valence-electron chi connectivity index (χ0n) is 10.0. The number of nitro groups is 1. The average Bonchev–Trinajstić information content (AvgIpc) is 2.29. The van der Waals surface area contributed by atoms with Gasteiger partial charge < -0.3 is 15.7 Å². The lowest BCUT2D eigenvalue weighted by Crippen LogP contribution is -2.29. The van der Waals surface area contributed by atoms with Gasteiger partial charge in [-0.2, -0.15) is 0 Å². The van der Waals surface area contributed by atoms with Gasteiger partial charge in [0.2, 0.25) is 0 Å². The van der Waals surface area contributed by atoms with Gasteiger partial charge in [0.15, 0.2) is 0 Å². The summed E-state index contributed by atoms with van der Waals surface area (Å²) in [6, 6.07) is 4.49. The van der Waals surface area contributed by atoms with Gasteiger partial charge in [-0.05, 0) is 19.1 Å². The first-order chi connectivity index (χ1) is 8.50. The summed E-state index contributed by atoms with van der Waals surface area (Å²) < 4.78 is 0. The molecule has 1 aromatic carbocycles. The van der Waals surface area contributed by atoms with Gasteiger partial charge in [0, 0.05) is 30.7 Å². The minimum absolute atomic E-state index is 0.0435. The molecular weight excluding hydrogens is 258 g/mol. The van der Waals surface area contributed by atoms with Crippen molar-refractivity contribution < 1.29 is 10.0 Å². The number of hydrogen-bond donors (Lipinski definition) is 3. The molecule has 0 aliphatic rings. The molecule has 100 valence electrons. The Balaban J connectivity index is 2.49. The lowest BCUT2D eigenvalue weighted by molar-refractivity contribution is -0.383. The van der Waals surface area contributed by atoms with Crippen molar-refractivity contribution in [3.63, 3.8) is 0 Å². The van der Waals surface area contributed by atoms with Crippen LogP contribution in [0.1, 0.15) is 6.92 Å². The Morgan fingerprint density at radius 1 is 1.50 bits per heavy atom. The molecule has 1 atom stereocenters. The number of benzene rings is 1. The number of nitrogens with zero attached hydrogens (tertiary/aromatic N) is 1. The van der Waals surface area contributed by atoms with Crippen LogP contribution in [0.4, 0.5) is 11.4 Å². The molecule has 0 aliphatic heterocycles. The Morgan fingerprint density at radius 3 is 2.83 bits per heavy atom. The van der Waals surface area contributed by atoms with E-state index in [4.69, 9.17) is 16.7 Å². The lowest BCUT2D eigenvalue weighted by atomic mass is 10.2. The highest BCUT2D eigenvalue weighted by Gasteiger charge is 2.13. The summed E-state index contributed by atoms with van der Waals surface area (Å²) in [4.78, 5) is 10.3. The van der Waals surface area contributed by atoms with Gasteiger partial charge in [0.1, 0.15) is 5.69 Å². The highest BCUT2D eigenvalue weighted by Crippen LogP contribution is 2.27.